The zero-order valence-corrected chi connectivity index (χ0v) is 9.21. The Kier molecular flexibility index (Phi) is 3.14. The SMILES string of the molecule is N[C@@H](c1ccc(S)cc1)C1CCCC1. The van der Waals surface area contributed by atoms with Crippen LogP contribution in [0.1, 0.15) is 37.3 Å². The molecule has 76 valence electrons. The lowest BCUT2D eigenvalue weighted by Gasteiger charge is -2.19. The minimum Gasteiger partial charge on any atom is -0.324 e. The largest absolute Gasteiger partial charge is 0.324 e. The molecule has 0 saturated heterocycles. The minimum atomic E-state index is 0.228. The normalized spacial score (nSPS) is 19.9. The Morgan fingerprint density at radius 2 is 1.71 bits per heavy atom. The van der Waals surface area contributed by atoms with Crippen molar-refractivity contribution in [3.63, 3.8) is 0 Å². The van der Waals surface area contributed by atoms with Crippen molar-refractivity contribution >= 4 is 12.6 Å². The lowest BCUT2D eigenvalue weighted by molar-refractivity contribution is 0.445. The Labute approximate surface area is 91.1 Å². The van der Waals surface area contributed by atoms with E-state index in [9.17, 15) is 0 Å². The summed E-state index contributed by atoms with van der Waals surface area (Å²) in [5, 5.41) is 0. The quantitative estimate of drug-likeness (QED) is 0.716. The minimum absolute atomic E-state index is 0.228. The van der Waals surface area contributed by atoms with Crippen LogP contribution in [0.3, 0.4) is 0 Å². The van der Waals surface area contributed by atoms with Gasteiger partial charge in [-0.1, -0.05) is 25.0 Å². The van der Waals surface area contributed by atoms with Gasteiger partial charge >= 0.3 is 0 Å². The highest BCUT2D eigenvalue weighted by Crippen LogP contribution is 2.34. The van der Waals surface area contributed by atoms with E-state index in [1.807, 2.05) is 12.1 Å². The summed E-state index contributed by atoms with van der Waals surface area (Å²) in [5.41, 5.74) is 7.48. The fourth-order valence-corrected chi connectivity index (χ4v) is 2.43. The van der Waals surface area contributed by atoms with Gasteiger partial charge in [-0.15, -0.1) is 12.6 Å². The molecule has 1 fully saturated rings. The van der Waals surface area contributed by atoms with Crippen LogP contribution in [0.4, 0.5) is 0 Å². The average Bonchev–Trinajstić information content (AvgIpc) is 2.71. The molecular formula is C12H17NS. The summed E-state index contributed by atoms with van der Waals surface area (Å²) >= 11 is 4.27. The van der Waals surface area contributed by atoms with E-state index in [1.165, 1.54) is 31.2 Å². The smallest absolute Gasteiger partial charge is 0.0323 e. The van der Waals surface area contributed by atoms with Gasteiger partial charge in [0.05, 0.1) is 0 Å². The Morgan fingerprint density at radius 3 is 2.29 bits per heavy atom. The summed E-state index contributed by atoms with van der Waals surface area (Å²) in [6.07, 6.45) is 5.29. The Balaban J connectivity index is 2.09. The number of rotatable bonds is 2. The van der Waals surface area contributed by atoms with E-state index >= 15 is 0 Å². The second-order valence-electron chi connectivity index (χ2n) is 4.16. The van der Waals surface area contributed by atoms with Crippen LogP contribution in [0.2, 0.25) is 0 Å². The monoisotopic (exact) mass is 207 g/mol. The molecule has 0 aromatic heterocycles. The van der Waals surface area contributed by atoms with Crippen LogP contribution in [-0.4, -0.2) is 0 Å². The fourth-order valence-electron chi connectivity index (χ4n) is 2.29. The van der Waals surface area contributed by atoms with Gasteiger partial charge in [0.1, 0.15) is 0 Å². The molecule has 1 aromatic carbocycles. The molecular weight excluding hydrogens is 190 g/mol. The summed E-state index contributed by atoms with van der Waals surface area (Å²) in [6.45, 7) is 0. The van der Waals surface area contributed by atoms with Gasteiger partial charge in [-0.25, -0.2) is 0 Å². The number of nitrogens with two attached hydrogens (primary N) is 1. The van der Waals surface area contributed by atoms with E-state index in [4.69, 9.17) is 5.73 Å². The Hall–Kier alpha value is -0.470. The molecule has 2 rings (SSSR count). The van der Waals surface area contributed by atoms with Crippen LogP contribution in [0.15, 0.2) is 29.2 Å². The van der Waals surface area contributed by atoms with Gasteiger partial charge in [0.25, 0.3) is 0 Å². The number of thiol groups is 1. The van der Waals surface area contributed by atoms with Crippen molar-refractivity contribution in [3.05, 3.63) is 29.8 Å². The first-order chi connectivity index (χ1) is 6.77. The molecule has 1 aliphatic rings. The third kappa shape index (κ3) is 2.12. The highest BCUT2D eigenvalue weighted by molar-refractivity contribution is 7.80. The van der Waals surface area contributed by atoms with E-state index in [0.29, 0.717) is 5.92 Å². The van der Waals surface area contributed by atoms with Crippen molar-refractivity contribution in [1.82, 2.24) is 0 Å². The molecule has 0 unspecified atom stereocenters. The molecule has 1 nitrogen and oxygen atoms in total. The summed E-state index contributed by atoms with van der Waals surface area (Å²) in [5.74, 6) is 0.695. The second-order valence-corrected chi connectivity index (χ2v) is 4.68. The van der Waals surface area contributed by atoms with Crippen molar-refractivity contribution in [2.45, 2.75) is 36.6 Å². The van der Waals surface area contributed by atoms with Gasteiger partial charge < -0.3 is 5.73 Å². The molecule has 0 bridgehead atoms. The molecule has 2 N–H and O–H groups in total. The first kappa shape index (κ1) is 10.1. The molecule has 0 heterocycles. The first-order valence-electron chi connectivity index (χ1n) is 5.32. The maximum absolute atomic E-state index is 6.23. The summed E-state index contributed by atoms with van der Waals surface area (Å²) < 4.78 is 0. The average molecular weight is 207 g/mol. The van der Waals surface area contributed by atoms with Crippen molar-refractivity contribution in [2.75, 3.05) is 0 Å². The van der Waals surface area contributed by atoms with E-state index in [1.54, 1.807) is 0 Å². The standard InChI is InChI=1S/C12H17NS/c13-12(9-3-1-2-4-9)10-5-7-11(14)8-6-10/h5-9,12,14H,1-4,13H2/t12-/m1/s1. The van der Waals surface area contributed by atoms with Gasteiger partial charge in [-0.3, -0.25) is 0 Å². The van der Waals surface area contributed by atoms with E-state index < -0.39 is 0 Å². The van der Waals surface area contributed by atoms with Crippen LogP contribution in [0.25, 0.3) is 0 Å². The lowest BCUT2D eigenvalue weighted by atomic mass is 9.93. The third-order valence-corrected chi connectivity index (χ3v) is 3.48. The maximum atomic E-state index is 6.23. The van der Waals surface area contributed by atoms with E-state index in [2.05, 4.69) is 24.8 Å². The second kappa shape index (κ2) is 4.37. The lowest BCUT2D eigenvalue weighted by Crippen LogP contribution is -2.18. The molecule has 1 atom stereocenters. The maximum Gasteiger partial charge on any atom is 0.0323 e. The van der Waals surface area contributed by atoms with Crippen molar-refractivity contribution in [2.24, 2.45) is 11.7 Å². The van der Waals surface area contributed by atoms with Crippen molar-refractivity contribution in [3.8, 4) is 0 Å². The summed E-state index contributed by atoms with van der Waals surface area (Å²) in [4.78, 5) is 1.01. The van der Waals surface area contributed by atoms with Crippen LogP contribution < -0.4 is 5.73 Å². The zero-order valence-electron chi connectivity index (χ0n) is 8.32. The van der Waals surface area contributed by atoms with E-state index in [-0.39, 0.29) is 6.04 Å². The van der Waals surface area contributed by atoms with Crippen molar-refractivity contribution < 1.29 is 0 Å². The summed E-state index contributed by atoms with van der Waals surface area (Å²) in [7, 11) is 0. The Bertz CT molecular complexity index is 288. The molecule has 0 radical (unpaired) electrons. The van der Waals surface area contributed by atoms with Gasteiger partial charge in [-0.05, 0) is 36.5 Å². The van der Waals surface area contributed by atoms with Crippen molar-refractivity contribution in [1.29, 1.82) is 0 Å². The van der Waals surface area contributed by atoms with Gasteiger partial charge in [0.2, 0.25) is 0 Å². The molecule has 0 aliphatic heterocycles. The molecule has 0 amide bonds. The number of benzene rings is 1. The molecule has 1 aromatic rings. The predicted molar refractivity (Wildman–Crippen MR) is 62.6 cm³/mol. The molecule has 2 heteroatoms. The number of hydrogen-bond acceptors (Lipinski definition) is 2. The van der Waals surface area contributed by atoms with Crippen LogP contribution in [-0.2, 0) is 0 Å². The topological polar surface area (TPSA) is 26.0 Å². The highest BCUT2D eigenvalue weighted by Gasteiger charge is 2.22. The van der Waals surface area contributed by atoms with Crippen LogP contribution in [0, 0.1) is 5.92 Å². The first-order valence-corrected chi connectivity index (χ1v) is 5.76. The molecule has 14 heavy (non-hydrogen) atoms. The predicted octanol–water partition coefficient (Wildman–Crippen LogP) is 3.17. The molecule has 1 saturated carbocycles. The van der Waals surface area contributed by atoms with Crippen LogP contribution in [0.5, 0.6) is 0 Å². The van der Waals surface area contributed by atoms with Gasteiger partial charge in [0, 0.05) is 10.9 Å². The zero-order chi connectivity index (χ0) is 9.97. The molecule has 1 aliphatic carbocycles. The third-order valence-electron chi connectivity index (χ3n) is 3.19. The fraction of sp³-hybridized carbons (Fsp3) is 0.500. The number of hydrogen-bond donors (Lipinski definition) is 2. The Morgan fingerprint density at radius 1 is 1.14 bits per heavy atom. The summed E-state index contributed by atoms with van der Waals surface area (Å²) in [6, 6.07) is 8.48. The molecule has 0 spiro atoms. The van der Waals surface area contributed by atoms with Crippen LogP contribution >= 0.6 is 12.6 Å². The highest BCUT2D eigenvalue weighted by atomic mass is 32.1. The van der Waals surface area contributed by atoms with E-state index in [0.717, 1.165) is 4.90 Å². The van der Waals surface area contributed by atoms with Gasteiger partial charge in [-0.2, -0.15) is 0 Å². The van der Waals surface area contributed by atoms with Gasteiger partial charge in [0.15, 0.2) is 0 Å².